The third-order valence-corrected chi connectivity index (χ3v) is 4.13. The lowest BCUT2D eigenvalue weighted by molar-refractivity contribution is -0.158. The van der Waals surface area contributed by atoms with Gasteiger partial charge in [0.15, 0.2) is 0 Å². The van der Waals surface area contributed by atoms with Gasteiger partial charge in [0.1, 0.15) is 0 Å². The number of hydrogen-bond acceptors (Lipinski definition) is 1. The van der Waals surface area contributed by atoms with E-state index in [1.165, 1.54) is 44.1 Å². The first-order chi connectivity index (χ1) is 7.93. The summed E-state index contributed by atoms with van der Waals surface area (Å²) in [6.07, 6.45) is 9.25. The second kappa shape index (κ2) is 4.58. The molecule has 16 heavy (non-hydrogen) atoms. The quantitative estimate of drug-likeness (QED) is 0.723. The van der Waals surface area contributed by atoms with Crippen molar-refractivity contribution >= 4 is 0 Å². The van der Waals surface area contributed by atoms with E-state index in [0.29, 0.717) is 12.2 Å². The van der Waals surface area contributed by atoms with Gasteiger partial charge in [-0.05, 0) is 24.3 Å². The van der Waals surface area contributed by atoms with E-state index in [0.717, 1.165) is 5.92 Å². The predicted molar refractivity (Wildman–Crippen MR) is 65.2 cm³/mol. The molecule has 2 fully saturated rings. The molecule has 0 spiro atoms. The normalized spacial score (nSPS) is 31.0. The lowest BCUT2D eigenvalue weighted by atomic mass is 9.80. The molecular formula is C15H20O. The molecule has 1 saturated heterocycles. The highest BCUT2D eigenvalue weighted by Crippen LogP contribution is 2.42. The van der Waals surface area contributed by atoms with Crippen LogP contribution in [0.25, 0.3) is 0 Å². The molecule has 1 heterocycles. The van der Waals surface area contributed by atoms with Crippen LogP contribution in [0.15, 0.2) is 30.3 Å². The van der Waals surface area contributed by atoms with Gasteiger partial charge in [-0.2, -0.15) is 0 Å². The first-order valence-corrected chi connectivity index (χ1v) is 6.64. The molecule has 86 valence electrons. The molecule has 0 unspecified atom stereocenters. The summed E-state index contributed by atoms with van der Waals surface area (Å²) in [5.74, 6) is 0.855. The second-order valence-corrected chi connectivity index (χ2v) is 5.21. The average Bonchev–Trinajstić information content (AvgIpc) is 2.30. The lowest BCUT2D eigenvalue weighted by Crippen LogP contribution is -2.38. The monoisotopic (exact) mass is 216 g/mol. The van der Waals surface area contributed by atoms with Crippen LogP contribution >= 0.6 is 0 Å². The summed E-state index contributed by atoms with van der Waals surface area (Å²) in [6, 6.07) is 10.6. The van der Waals surface area contributed by atoms with E-state index >= 15 is 0 Å². The third kappa shape index (κ3) is 2.01. The van der Waals surface area contributed by atoms with Gasteiger partial charge in [0, 0.05) is 6.42 Å². The Morgan fingerprint density at radius 1 is 0.938 bits per heavy atom. The van der Waals surface area contributed by atoms with Crippen molar-refractivity contribution in [3.63, 3.8) is 0 Å². The first kappa shape index (κ1) is 10.3. The van der Waals surface area contributed by atoms with Crippen molar-refractivity contribution in [2.75, 3.05) is 0 Å². The van der Waals surface area contributed by atoms with Crippen molar-refractivity contribution < 1.29 is 4.74 Å². The minimum absolute atomic E-state index is 0.383. The molecule has 1 aromatic rings. The maximum atomic E-state index is 6.06. The molecule has 1 aliphatic carbocycles. The number of ether oxygens (including phenoxy) is 1. The molecule has 0 amide bonds. The fourth-order valence-electron chi connectivity index (χ4n) is 3.10. The molecule has 1 nitrogen and oxygen atoms in total. The first-order valence-electron chi connectivity index (χ1n) is 6.64. The minimum Gasteiger partial charge on any atom is -0.370 e. The highest BCUT2D eigenvalue weighted by atomic mass is 16.5. The molecule has 0 N–H and O–H groups in total. The molecule has 1 heteroatoms. The third-order valence-electron chi connectivity index (χ3n) is 4.13. The summed E-state index contributed by atoms with van der Waals surface area (Å²) in [5, 5.41) is 0. The standard InChI is InChI=1S/C15H20O/c1-3-7-12(8-4-1)14-11-15(16-14)13-9-5-2-6-10-13/h1,3-4,7-8,13-15H,2,5-6,9-11H2/t14-,15+/m1/s1. The van der Waals surface area contributed by atoms with Gasteiger partial charge in [-0.25, -0.2) is 0 Å². The minimum atomic E-state index is 0.383. The van der Waals surface area contributed by atoms with Crippen LogP contribution in [0.2, 0.25) is 0 Å². The molecule has 2 atom stereocenters. The van der Waals surface area contributed by atoms with Crippen molar-refractivity contribution in [1.29, 1.82) is 0 Å². The Bertz CT molecular complexity index is 321. The Balaban J connectivity index is 1.54. The SMILES string of the molecule is c1ccc([C@H]2C[C@@H](C3CCCCC3)O2)cc1. The van der Waals surface area contributed by atoms with Crippen LogP contribution in [0.3, 0.4) is 0 Å². The van der Waals surface area contributed by atoms with E-state index in [2.05, 4.69) is 30.3 Å². The summed E-state index contributed by atoms with van der Waals surface area (Å²) < 4.78 is 6.06. The summed E-state index contributed by atoms with van der Waals surface area (Å²) in [4.78, 5) is 0. The maximum Gasteiger partial charge on any atom is 0.0853 e. The van der Waals surface area contributed by atoms with Crippen LogP contribution in [0.4, 0.5) is 0 Å². The van der Waals surface area contributed by atoms with E-state index in [9.17, 15) is 0 Å². The Morgan fingerprint density at radius 2 is 1.62 bits per heavy atom. The van der Waals surface area contributed by atoms with Crippen LogP contribution in [0.5, 0.6) is 0 Å². The Labute approximate surface area is 97.8 Å². The highest BCUT2D eigenvalue weighted by molar-refractivity contribution is 5.19. The molecule has 3 rings (SSSR count). The van der Waals surface area contributed by atoms with Crippen LogP contribution in [0, 0.1) is 5.92 Å². The Kier molecular flexibility index (Phi) is 2.96. The zero-order valence-electron chi connectivity index (χ0n) is 9.77. The van der Waals surface area contributed by atoms with Gasteiger partial charge in [-0.1, -0.05) is 49.6 Å². The van der Waals surface area contributed by atoms with Crippen LogP contribution in [0.1, 0.15) is 50.2 Å². The topological polar surface area (TPSA) is 9.23 Å². The average molecular weight is 216 g/mol. The summed E-state index contributed by atoms with van der Waals surface area (Å²) in [5.41, 5.74) is 1.36. The van der Waals surface area contributed by atoms with E-state index in [-0.39, 0.29) is 0 Å². The van der Waals surface area contributed by atoms with Gasteiger partial charge in [0.25, 0.3) is 0 Å². The molecule has 1 saturated carbocycles. The van der Waals surface area contributed by atoms with Gasteiger partial charge < -0.3 is 4.74 Å². The number of benzene rings is 1. The smallest absolute Gasteiger partial charge is 0.0853 e. The predicted octanol–water partition coefficient (Wildman–Crippen LogP) is 4.10. The zero-order chi connectivity index (χ0) is 10.8. The van der Waals surface area contributed by atoms with E-state index in [1.807, 2.05) is 0 Å². The second-order valence-electron chi connectivity index (χ2n) is 5.21. The Morgan fingerprint density at radius 3 is 2.31 bits per heavy atom. The largest absolute Gasteiger partial charge is 0.370 e. The van der Waals surface area contributed by atoms with Crippen LogP contribution < -0.4 is 0 Å². The van der Waals surface area contributed by atoms with Gasteiger partial charge >= 0.3 is 0 Å². The van der Waals surface area contributed by atoms with Crippen molar-refractivity contribution in [1.82, 2.24) is 0 Å². The van der Waals surface area contributed by atoms with Crippen molar-refractivity contribution in [3.05, 3.63) is 35.9 Å². The van der Waals surface area contributed by atoms with E-state index in [4.69, 9.17) is 4.74 Å². The Hall–Kier alpha value is -0.820. The van der Waals surface area contributed by atoms with E-state index < -0.39 is 0 Å². The molecule has 0 radical (unpaired) electrons. The van der Waals surface area contributed by atoms with Gasteiger partial charge in [0.05, 0.1) is 12.2 Å². The molecule has 2 aliphatic rings. The van der Waals surface area contributed by atoms with Gasteiger partial charge in [-0.15, -0.1) is 0 Å². The fraction of sp³-hybridized carbons (Fsp3) is 0.600. The lowest BCUT2D eigenvalue weighted by Gasteiger charge is -2.42. The number of hydrogen-bond donors (Lipinski definition) is 0. The highest BCUT2D eigenvalue weighted by Gasteiger charge is 2.36. The van der Waals surface area contributed by atoms with Crippen LogP contribution in [-0.2, 0) is 4.74 Å². The van der Waals surface area contributed by atoms with Crippen molar-refractivity contribution in [2.24, 2.45) is 5.92 Å². The number of rotatable bonds is 2. The maximum absolute atomic E-state index is 6.06. The molecule has 1 aliphatic heterocycles. The molecule has 0 bridgehead atoms. The zero-order valence-corrected chi connectivity index (χ0v) is 9.77. The summed E-state index contributed by atoms with van der Waals surface area (Å²) in [6.45, 7) is 0. The molecular weight excluding hydrogens is 196 g/mol. The van der Waals surface area contributed by atoms with Crippen LogP contribution in [-0.4, -0.2) is 6.10 Å². The van der Waals surface area contributed by atoms with E-state index in [1.54, 1.807) is 0 Å². The van der Waals surface area contributed by atoms with Gasteiger partial charge in [0.2, 0.25) is 0 Å². The summed E-state index contributed by atoms with van der Waals surface area (Å²) in [7, 11) is 0. The molecule has 1 aromatic carbocycles. The fourth-order valence-corrected chi connectivity index (χ4v) is 3.10. The van der Waals surface area contributed by atoms with Crippen molar-refractivity contribution in [3.8, 4) is 0 Å². The van der Waals surface area contributed by atoms with Crippen molar-refractivity contribution in [2.45, 2.75) is 50.7 Å². The van der Waals surface area contributed by atoms with Gasteiger partial charge in [-0.3, -0.25) is 0 Å². The summed E-state index contributed by atoms with van der Waals surface area (Å²) >= 11 is 0. The molecule has 0 aromatic heterocycles.